The summed E-state index contributed by atoms with van der Waals surface area (Å²) in [5.74, 6) is 0.801. The molecule has 0 aliphatic heterocycles. The van der Waals surface area contributed by atoms with Crippen molar-refractivity contribution in [1.82, 2.24) is 0 Å². The molecule has 0 saturated carbocycles. The molecule has 1 nitrogen and oxygen atoms in total. The van der Waals surface area contributed by atoms with Gasteiger partial charge in [-0.25, -0.2) is 0 Å². The predicted molar refractivity (Wildman–Crippen MR) is 89.7 cm³/mol. The zero-order chi connectivity index (χ0) is 14.2. The van der Waals surface area contributed by atoms with E-state index in [1.807, 2.05) is 6.26 Å². The molecular weight excluding hydrogens is 252 g/mol. The molecular formula is C17H36OS. The second kappa shape index (κ2) is 16.4. The highest BCUT2D eigenvalue weighted by molar-refractivity contribution is 7.93. The molecule has 0 aromatic rings. The Morgan fingerprint density at radius 3 is 1.74 bits per heavy atom. The van der Waals surface area contributed by atoms with Crippen LogP contribution in [0.3, 0.4) is 0 Å². The van der Waals surface area contributed by atoms with Crippen molar-refractivity contribution in [3.05, 3.63) is 0 Å². The molecule has 0 N–H and O–H groups in total. The average molecular weight is 289 g/mol. The summed E-state index contributed by atoms with van der Waals surface area (Å²) in [5.41, 5.74) is 0. The molecule has 0 heterocycles. The lowest BCUT2D eigenvalue weighted by atomic mass is 9.95. The van der Waals surface area contributed by atoms with Crippen molar-refractivity contribution < 1.29 is 4.18 Å². The third-order valence-electron chi connectivity index (χ3n) is 3.85. The molecule has 0 saturated heterocycles. The molecule has 0 spiro atoms. The van der Waals surface area contributed by atoms with E-state index in [1.54, 1.807) is 0 Å². The van der Waals surface area contributed by atoms with E-state index in [2.05, 4.69) is 13.8 Å². The van der Waals surface area contributed by atoms with Gasteiger partial charge in [0.2, 0.25) is 0 Å². The van der Waals surface area contributed by atoms with Crippen LogP contribution < -0.4 is 0 Å². The lowest BCUT2D eigenvalue weighted by Gasteiger charge is -2.16. The lowest BCUT2D eigenvalue weighted by Crippen LogP contribution is -2.07. The first-order chi connectivity index (χ1) is 9.35. The van der Waals surface area contributed by atoms with Gasteiger partial charge in [0.25, 0.3) is 0 Å². The smallest absolute Gasteiger partial charge is 0.0641 e. The number of hydrogen-bond donors (Lipinski definition) is 0. The van der Waals surface area contributed by atoms with Gasteiger partial charge in [0.05, 0.1) is 6.61 Å². The van der Waals surface area contributed by atoms with Crippen LogP contribution >= 0.6 is 12.0 Å². The zero-order valence-corrected chi connectivity index (χ0v) is 14.4. The molecule has 0 aromatic heterocycles. The summed E-state index contributed by atoms with van der Waals surface area (Å²) < 4.78 is 5.56. The van der Waals surface area contributed by atoms with Crippen molar-refractivity contribution in [3.63, 3.8) is 0 Å². The summed E-state index contributed by atoms with van der Waals surface area (Å²) in [6.45, 7) is 5.53. The molecule has 1 unspecified atom stereocenters. The summed E-state index contributed by atoms with van der Waals surface area (Å²) in [7, 11) is 0. The molecule has 1 atom stereocenters. The summed E-state index contributed by atoms with van der Waals surface area (Å²) in [4.78, 5) is 0. The first kappa shape index (κ1) is 19.3. The molecule has 2 heteroatoms. The Labute approximate surface area is 126 Å². The molecule has 0 radical (unpaired) electrons. The Morgan fingerprint density at radius 2 is 1.21 bits per heavy atom. The number of rotatable bonds is 15. The van der Waals surface area contributed by atoms with Crippen LogP contribution in [0.5, 0.6) is 0 Å². The monoisotopic (exact) mass is 288 g/mol. The second-order valence-corrected chi connectivity index (χ2v) is 6.29. The zero-order valence-electron chi connectivity index (χ0n) is 13.6. The van der Waals surface area contributed by atoms with Crippen LogP contribution in [0.1, 0.15) is 90.9 Å². The van der Waals surface area contributed by atoms with Crippen molar-refractivity contribution in [2.24, 2.45) is 5.92 Å². The summed E-state index contributed by atoms with van der Waals surface area (Å²) in [6, 6.07) is 0. The van der Waals surface area contributed by atoms with Crippen LogP contribution in [0.25, 0.3) is 0 Å². The molecule has 0 aliphatic carbocycles. The van der Waals surface area contributed by atoms with E-state index in [9.17, 15) is 0 Å². The molecule has 116 valence electrons. The number of unbranched alkanes of at least 4 members (excludes halogenated alkanes) is 8. The Bertz CT molecular complexity index is 161. The fraction of sp³-hybridized carbons (Fsp3) is 1.00. The SMILES string of the molecule is CCCCCCCCC(CCCCCC)COSC. The maximum Gasteiger partial charge on any atom is 0.0641 e. The second-order valence-electron chi connectivity index (χ2n) is 5.72. The van der Waals surface area contributed by atoms with E-state index in [0.717, 1.165) is 12.5 Å². The van der Waals surface area contributed by atoms with Gasteiger partial charge in [0, 0.05) is 6.26 Å². The molecule has 0 aromatic carbocycles. The Balaban J connectivity index is 3.55. The minimum absolute atomic E-state index is 0.801. The van der Waals surface area contributed by atoms with Gasteiger partial charge in [0.1, 0.15) is 0 Å². The van der Waals surface area contributed by atoms with Gasteiger partial charge in [0.15, 0.2) is 0 Å². The molecule has 0 fully saturated rings. The molecule has 19 heavy (non-hydrogen) atoms. The van der Waals surface area contributed by atoms with Crippen LogP contribution in [0.2, 0.25) is 0 Å². The maximum absolute atomic E-state index is 5.56. The first-order valence-corrected chi connectivity index (χ1v) is 9.65. The van der Waals surface area contributed by atoms with E-state index in [1.165, 1.54) is 89.1 Å². The largest absolute Gasteiger partial charge is 0.315 e. The van der Waals surface area contributed by atoms with Crippen molar-refractivity contribution in [2.45, 2.75) is 90.9 Å². The first-order valence-electron chi connectivity index (χ1n) is 8.50. The van der Waals surface area contributed by atoms with E-state index in [-0.39, 0.29) is 0 Å². The van der Waals surface area contributed by atoms with Gasteiger partial charge in [-0.3, -0.25) is 0 Å². The molecule has 0 rings (SSSR count). The van der Waals surface area contributed by atoms with Gasteiger partial charge in [-0.2, -0.15) is 0 Å². The minimum Gasteiger partial charge on any atom is -0.315 e. The van der Waals surface area contributed by atoms with Crippen LogP contribution in [-0.2, 0) is 4.18 Å². The van der Waals surface area contributed by atoms with Crippen LogP contribution in [0.15, 0.2) is 0 Å². The van der Waals surface area contributed by atoms with E-state index in [4.69, 9.17) is 4.18 Å². The Hall–Kier alpha value is 0.310. The predicted octanol–water partition coefficient (Wildman–Crippen LogP) is 6.62. The van der Waals surface area contributed by atoms with Gasteiger partial charge < -0.3 is 4.18 Å². The molecule has 0 aliphatic rings. The Morgan fingerprint density at radius 1 is 0.737 bits per heavy atom. The van der Waals surface area contributed by atoms with Gasteiger partial charge in [-0.05, 0) is 30.8 Å². The fourth-order valence-corrected chi connectivity index (χ4v) is 2.88. The van der Waals surface area contributed by atoms with Crippen molar-refractivity contribution in [3.8, 4) is 0 Å². The maximum atomic E-state index is 5.56. The van der Waals surface area contributed by atoms with Gasteiger partial charge in [-0.15, -0.1) is 0 Å². The highest BCUT2D eigenvalue weighted by Gasteiger charge is 2.08. The highest BCUT2D eigenvalue weighted by atomic mass is 32.2. The van der Waals surface area contributed by atoms with E-state index < -0.39 is 0 Å². The summed E-state index contributed by atoms with van der Waals surface area (Å²) in [6.07, 6.45) is 18.7. The molecule has 0 bridgehead atoms. The third-order valence-corrected chi connectivity index (χ3v) is 4.23. The normalized spacial score (nSPS) is 12.8. The van der Waals surface area contributed by atoms with Gasteiger partial charge in [-0.1, -0.05) is 78.1 Å². The third kappa shape index (κ3) is 14.5. The fourth-order valence-electron chi connectivity index (χ4n) is 2.55. The van der Waals surface area contributed by atoms with Crippen LogP contribution in [0, 0.1) is 5.92 Å². The van der Waals surface area contributed by atoms with Crippen LogP contribution in [0.4, 0.5) is 0 Å². The minimum atomic E-state index is 0.801. The van der Waals surface area contributed by atoms with E-state index >= 15 is 0 Å². The summed E-state index contributed by atoms with van der Waals surface area (Å²) >= 11 is 1.52. The standard InChI is InChI=1S/C17H36OS/c1-4-6-8-10-11-13-15-17(16-18-19-3)14-12-9-7-5-2/h17H,4-16H2,1-3H3. The van der Waals surface area contributed by atoms with Crippen LogP contribution in [-0.4, -0.2) is 12.9 Å². The quantitative estimate of drug-likeness (QED) is 0.247. The van der Waals surface area contributed by atoms with Crippen molar-refractivity contribution >= 4 is 12.0 Å². The highest BCUT2D eigenvalue weighted by Crippen LogP contribution is 2.20. The molecule has 0 amide bonds. The Kier molecular flexibility index (Phi) is 16.6. The topological polar surface area (TPSA) is 9.23 Å². The number of hydrogen-bond acceptors (Lipinski definition) is 2. The average Bonchev–Trinajstić information content (AvgIpc) is 2.43. The van der Waals surface area contributed by atoms with Crippen molar-refractivity contribution in [1.29, 1.82) is 0 Å². The van der Waals surface area contributed by atoms with Crippen molar-refractivity contribution in [2.75, 3.05) is 12.9 Å². The lowest BCUT2D eigenvalue weighted by molar-refractivity contribution is 0.255. The summed E-state index contributed by atoms with van der Waals surface area (Å²) in [5, 5.41) is 0. The van der Waals surface area contributed by atoms with E-state index in [0.29, 0.717) is 0 Å². The van der Waals surface area contributed by atoms with Gasteiger partial charge >= 0.3 is 0 Å².